The molecular formula is C12H11F3N2O4. The van der Waals surface area contributed by atoms with E-state index < -0.39 is 35.6 Å². The number of nitro benzene ring substituents is 1. The number of non-ortho nitro benzene ring substituents is 1. The van der Waals surface area contributed by atoms with E-state index in [9.17, 15) is 33.2 Å². The van der Waals surface area contributed by atoms with E-state index in [0.717, 1.165) is 17.0 Å². The highest BCUT2D eigenvalue weighted by atomic mass is 19.4. The van der Waals surface area contributed by atoms with Gasteiger partial charge in [0.2, 0.25) is 0 Å². The molecule has 1 amide bonds. The highest BCUT2D eigenvalue weighted by molar-refractivity contribution is 5.94. The minimum atomic E-state index is -4.81. The molecule has 1 aliphatic heterocycles. The lowest BCUT2D eigenvalue weighted by molar-refractivity contribution is -0.384. The lowest BCUT2D eigenvalue weighted by Gasteiger charge is -2.25. The van der Waals surface area contributed by atoms with Crippen molar-refractivity contribution in [3.05, 3.63) is 39.9 Å². The Morgan fingerprint density at radius 1 is 1.33 bits per heavy atom. The molecule has 0 saturated carbocycles. The summed E-state index contributed by atoms with van der Waals surface area (Å²) in [4.78, 5) is 22.7. The number of amides is 1. The van der Waals surface area contributed by atoms with E-state index in [1.165, 1.54) is 12.1 Å². The van der Waals surface area contributed by atoms with Gasteiger partial charge in [0, 0.05) is 30.7 Å². The minimum Gasteiger partial charge on any atom is -0.379 e. The fraction of sp³-hybridized carbons (Fsp3) is 0.417. The molecule has 0 aromatic heterocycles. The summed E-state index contributed by atoms with van der Waals surface area (Å²) in [6.45, 7) is -1.07. The first-order chi connectivity index (χ1) is 9.64. The number of aliphatic hydroxyl groups is 1. The second-order valence-corrected chi connectivity index (χ2v) is 4.81. The topological polar surface area (TPSA) is 83.7 Å². The van der Waals surface area contributed by atoms with Crippen LogP contribution >= 0.6 is 0 Å². The van der Waals surface area contributed by atoms with Crippen molar-refractivity contribution in [1.82, 2.24) is 4.90 Å². The second-order valence-electron chi connectivity index (χ2n) is 4.81. The van der Waals surface area contributed by atoms with Crippen molar-refractivity contribution in [1.29, 1.82) is 0 Å². The van der Waals surface area contributed by atoms with Crippen molar-refractivity contribution in [3.8, 4) is 0 Å². The van der Waals surface area contributed by atoms with Gasteiger partial charge in [0.15, 0.2) is 5.60 Å². The van der Waals surface area contributed by atoms with E-state index in [2.05, 4.69) is 0 Å². The van der Waals surface area contributed by atoms with Crippen molar-refractivity contribution < 1.29 is 28.0 Å². The summed E-state index contributed by atoms with van der Waals surface area (Å²) in [5, 5.41) is 20.0. The molecule has 1 saturated heterocycles. The molecule has 1 aromatic carbocycles. The van der Waals surface area contributed by atoms with Crippen molar-refractivity contribution in [2.75, 3.05) is 13.1 Å². The van der Waals surface area contributed by atoms with Crippen LogP contribution in [0.3, 0.4) is 0 Å². The van der Waals surface area contributed by atoms with Gasteiger partial charge in [0.05, 0.1) is 11.5 Å². The van der Waals surface area contributed by atoms with Crippen molar-refractivity contribution in [3.63, 3.8) is 0 Å². The van der Waals surface area contributed by atoms with Gasteiger partial charge in [-0.15, -0.1) is 0 Å². The Hall–Kier alpha value is -2.16. The van der Waals surface area contributed by atoms with Crippen LogP contribution in [0, 0.1) is 10.1 Å². The van der Waals surface area contributed by atoms with Gasteiger partial charge in [0.1, 0.15) is 0 Å². The summed E-state index contributed by atoms with van der Waals surface area (Å²) in [5.41, 5.74) is -3.09. The summed E-state index contributed by atoms with van der Waals surface area (Å²) in [7, 11) is 0. The van der Waals surface area contributed by atoms with Crippen LogP contribution in [0.25, 0.3) is 0 Å². The standard InChI is InChI=1S/C12H11F3N2O4/c13-12(14,15)11(19)5-6-16(7-11)10(18)8-1-3-9(4-2-8)17(20)21/h1-4,19H,5-7H2/t11-/m0/s1. The molecule has 0 spiro atoms. The smallest absolute Gasteiger partial charge is 0.379 e. The first kappa shape index (κ1) is 15.2. The molecule has 114 valence electrons. The number of likely N-dealkylation sites (tertiary alicyclic amines) is 1. The fourth-order valence-corrected chi connectivity index (χ4v) is 2.11. The Balaban J connectivity index is 2.13. The third-order valence-corrected chi connectivity index (χ3v) is 3.39. The van der Waals surface area contributed by atoms with Crippen molar-refractivity contribution in [2.45, 2.75) is 18.2 Å². The predicted molar refractivity (Wildman–Crippen MR) is 64.6 cm³/mol. The molecule has 0 bridgehead atoms. The summed E-state index contributed by atoms with van der Waals surface area (Å²) in [6, 6.07) is 4.54. The normalized spacial score (nSPS) is 22.4. The van der Waals surface area contributed by atoms with Gasteiger partial charge in [-0.3, -0.25) is 14.9 Å². The zero-order chi connectivity index (χ0) is 15.8. The van der Waals surface area contributed by atoms with E-state index in [4.69, 9.17) is 0 Å². The van der Waals surface area contributed by atoms with Gasteiger partial charge < -0.3 is 10.0 Å². The number of alkyl halides is 3. The summed E-state index contributed by atoms with van der Waals surface area (Å²) in [6.07, 6.45) is -5.40. The quantitative estimate of drug-likeness (QED) is 0.666. The summed E-state index contributed by atoms with van der Waals surface area (Å²) in [5.74, 6) is -0.704. The Kier molecular flexibility index (Phi) is 3.62. The van der Waals surface area contributed by atoms with Gasteiger partial charge in [-0.1, -0.05) is 0 Å². The number of hydrogen-bond acceptors (Lipinski definition) is 4. The van der Waals surface area contributed by atoms with Crippen LogP contribution < -0.4 is 0 Å². The average Bonchev–Trinajstić information content (AvgIpc) is 2.81. The molecular weight excluding hydrogens is 293 g/mol. The minimum absolute atomic E-state index is 0.0343. The number of benzene rings is 1. The van der Waals surface area contributed by atoms with Crippen molar-refractivity contribution >= 4 is 11.6 Å². The largest absolute Gasteiger partial charge is 0.419 e. The van der Waals surface area contributed by atoms with E-state index in [1.807, 2.05) is 0 Å². The number of carbonyl (C=O) groups is 1. The first-order valence-electron chi connectivity index (χ1n) is 5.97. The highest BCUT2D eigenvalue weighted by Gasteiger charge is 2.57. The van der Waals surface area contributed by atoms with Gasteiger partial charge in [0.25, 0.3) is 11.6 Å². The Bertz CT molecular complexity index is 573. The van der Waals surface area contributed by atoms with Crippen LogP contribution in [-0.4, -0.2) is 45.7 Å². The molecule has 1 heterocycles. The third-order valence-electron chi connectivity index (χ3n) is 3.39. The van der Waals surface area contributed by atoms with Crippen molar-refractivity contribution in [2.24, 2.45) is 0 Å². The monoisotopic (exact) mass is 304 g/mol. The van der Waals surface area contributed by atoms with Crippen LogP contribution in [0.1, 0.15) is 16.8 Å². The number of rotatable bonds is 2. The maximum absolute atomic E-state index is 12.7. The molecule has 1 N–H and O–H groups in total. The fourth-order valence-electron chi connectivity index (χ4n) is 2.11. The lowest BCUT2D eigenvalue weighted by atomic mass is 10.0. The van der Waals surface area contributed by atoms with Gasteiger partial charge >= 0.3 is 6.18 Å². The van der Waals surface area contributed by atoms with Gasteiger partial charge in [-0.2, -0.15) is 13.2 Å². The van der Waals surface area contributed by atoms with Crippen LogP contribution in [0.4, 0.5) is 18.9 Å². The number of nitrogens with zero attached hydrogens (tertiary/aromatic N) is 2. The molecule has 1 atom stereocenters. The number of β-amino-alcohol motifs (C(OH)–C–C–N with tert-alkyl or cyclic N) is 1. The molecule has 21 heavy (non-hydrogen) atoms. The maximum Gasteiger partial charge on any atom is 0.419 e. The van der Waals surface area contributed by atoms with Crippen LogP contribution in [-0.2, 0) is 0 Å². The van der Waals surface area contributed by atoms with E-state index in [-0.39, 0.29) is 17.8 Å². The van der Waals surface area contributed by atoms with Gasteiger partial charge in [-0.05, 0) is 12.1 Å². The van der Waals surface area contributed by atoms with E-state index >= 15 is 0 Å². The first-order valence-corrected chi connectivity index (χ1v) is 5.97. The number of hydrogen-bond donors (Lipinski definition) is 1. The average molecular weight is 304 g/mol. The molecule has 2 rings (SSSR count). The van der Waals surface area contributed by atoms with Crippen LogP contribution in [0.15, 0.2) is 24.3 Å². The number of carbonyl (C=O) groups excluding carboxylic acids is 1. The zero-order valence-corrected chi connectivity index (χ0v) is 10.6. The zero-order valence-electron chi connectivity index (χ0n) is 10.6. The molecule has 1 fully saturated rings. The molecule has 0 aliphatic carbocycles. The summed E-state index contributed by atoms with van der Waals surface area (Å²) >= 11 is 0. The molecule has 0 unspecified atom stereocenters. The predicted octanol–water partition coefficient (Wildman–Crippen LogP) is 1.73. The number of nitro groups is 1. The Morgan fingerprint density at radius 2 is 1.90 bits per heavy atom. The van der Waals surface area contributed by atoms with E-state index in [0.29, 0.717) is 0 Å². The van der Waals surface area contributed by atoms with Gasteiger partial charge in [-0.25, -0.2) is 0 Å². The molecule has 9 heteroatoms. The SMILES string of the molecule is O=C(c1ccc([N+](=O)[O-])cc1)N1CC[C@@](O)(C(F)(F)F)C1. The Morgan fingerprint density at radius 3 is 2.33 bits per heavy atom. The Labute approximate surface area is 116 Å². The number of halogens is 3. The third kappa shape index (κ3) is 2.82. The lowest BCUT2D eigenvalue weighted by Crippen LogP contribution is -2.48. The molecule has 1 aliphatic rings. The molecule has 6 nitrogen and oxygen atoms in total. The highest BCUT2D eigenvalue weighted by Crippen LogP contribution is 2.38. The second kappa shape index (κ2) is 4.99. The maximum atomic E-state index is 12.7. The van der Waals surface area contributed by atoms with E-state index in [1.54, 1.807) is 0 Å². The van der Waals surface area contributed by atoms with Crippen LogP contribution in [0.2, 0.25) is 0 Å². The molecule has 1 aromatic rings. The van der Waals surface area contributed by atoms with Crippen LogP contribution in [0.5, 0.6) is 0 Å². The summed E-state index contributed by atoms with van der Waals surface area (Å²) < 4.78 is 38.0. The molecule has 0 radical (unpaired) electrons.